The molecule has 1 amide bonds. The van der Waals surface area contributed by atoms with Crippen molar-refractivity contribution in [2.75, 3.05) is 25.3 Å². The molecular formula is C15H15FN2O3. The molecule has 0 heterocycles. The van der Waals surface area contributed by atoms with Crippen molar-refractivity contribution in [3.05, 3.63) is 47.8 Å². The molecule has 0 bridgehead atoms. The third-order valence-corrected chi connectivity index (χ3v) is 2.91. The predicted molar refractivity (Wildman–Crippen MR) is 78.3 cm³/mol. The summed E-state index contributed by atoms with van der Waals surface area (Å²) in [5, 5.41) is 2.63. The first-order chi connectivity index (χ1) is 10.0. The van der Waals surface area contributed by atoms with Crippen LogP contribution in [-0.2, 0) is 0 Å². The van der Waals surface area contributed by atoms with Crippen molar-refractivity contribution < 1.29 is 18.7 Å². The van der Waals surface area contributed by atoms with E-state index in [1.807, 2.05) is 0 Å². The minimum atomic E-state index is -0.532. The van der Waals surface area contributed by atoms with Crippen LogP contribution in [0.3, 0.4) is 0 Å². The lowest BCUT2D eigenvalue weighted by Crippen LogP contribution is -2.13. The molecule has 0 radical (unpaired) electrons. The molecule has 0 saturated heterocycles. The number of ether oxygens (including phenoxy) is 2. The highest BCUT2D eigenvalue weighted by Gasteiger charge is 2.14. The summed E-state index contributed by atoms with van der Waals surface area (Å²) in [7, 11) is 2.98. The highest BCUT2D eigenvalue weighted by Crippen LogP contribution is 2.26. The number of nitrogens with two attached hydrogens (primary N) is 1. The Morgan fingerprint density at radius 3 is 2.52 bits per heavy atom. The Balaban J connectivity index is 2.25. The van der Waals surface area contributed by atoms with Gasteiger partial charge in [-0.25, -0.2) is 4.39 Å². The van der Waals surface area contributed by atoms with Gasteiger partial charge in [-0.15, -0.1) is 0 Å². The van der Waals surface area contributed by atoms with Crippen LogP contribution in [0, 0.1) is 5.82 Å². The SMILES string of the molecule is COc1ccc(C(=O)Nc2ccc(F)c(N)c2)c(OC)c1. The van der Waals surface area contributed by atoms with E-state index < -0.39 is 5.82 Å². The summed E-state index contributed by atoms with van der Waals surface area (Å²) in [6, 6.07) is 8.81. The van der Waals surface area contributed by atoms with Crippen molar-refractivity contribution in [3.8, 4) is 11.5 Å². The van der Waals surface area contributed by atoms with Gasteiger partial charge in [0.1, 0.15) is 17.3 Å². The molecule has 0 unspecified atom stereocenters. The first-order valence-corrected chi connectivity index (χ1v) is 6.13. The quantitative estimate of drug-likeness (QED) is 0.849. The van der Waals surface area contributed by atoms with Gasteiger partial charge in [-0.05, 0) is 30.3 Å². The van der Waals surface area contributed by atoms with E-state index in [0.717, 1.165) is 0 Å². The van der Waals surface area contributed by atoms with Crippen molar-refractivity contribution >= 4 is 17.3 Å². The summed E-state index contributed by atoms with van der Waals surface area (Å²) >= 11 is 0. The summed E-state index contributed by atoms with van der Waals surface area (Å²) < 4.78 is 23.3. The van der Waals surface area contributed by atoms with E-state index in [0.29, 0.717) is 22.7 Å². The van der Waals surface area contributed by atoms with E-state index >= 15 is 0 Å². The second-order valence-electron chi connectivity index (χ2n) is 4.26. The number of halogens is 1. The van der Waals surface area contributed by atoms with Crippen molar-refractivity contribution in [2.45, 2.75) is 0 Å². The van der Waals surface area contributed by atoms with Crippen LogP contribution in [-0.4, -0.2) is 20.1 Å². The van der Waals surface area contributed by atoms with Crippen LogP contribution in [0.25, 0.3) is 0 Å². The van der Waals surface area contributed by atoms with E-state index in [4.69, 9.17) is 15.2 Å². The highest BCUT2D eigenvalue weighted by molar-refractivity contribution is 6.06. The normalized spacial score (nSPS) is 10.0. The number of nitrogens with one attached hydrogen (secondary N) is 1. The van der Waals surface area contributed by atoms with Gasteiger partial charge < -0.3 is 20.5 Å². The van der Waals surface area contributed by atoms with Gasteiger partial charge in [-0.3, -0.25) is 4.79 Å². The maximum absolute atomic E-state index is 13.1. The number of amides is 1. The van der Waals surface area contributed by atoms with Gasteiger partial charge in [0.15, 0.2) is 0 Å². The van der Waals surface area contributed by atoms with Crippen LogP contribution < -0.4 is 20.5 Å². The molecule has 3 N–H and O–H groups in total. The maximum Gasteiger partial charge on any atom is 0.259 e. The number of hydrogen-bond donors (Lipinski definition) is 2. The molecule has 0 aliphatic rings. The molecule has 110 valence electrons. The molecule has 0 aliphatic heterocycles. The zero-order valence-electron chi connectivity index (χ0n) is 11.6. The van der Waals surface area contributed by atoms with E-state index in [-0.39, 0.29) is 11.6 Å². The van der Waals surface area contributed by atoms with E-state index in [9.17, 15) is 9.18 Å². The molecule has 21 heavy (non-hydrogen) atoms. The predicted octanol–water partition coefficient (Wildman–Crippen LogP) is 2.68. The zero-order valence-corrected chi connectivity index (χ0v) is 11.6. The average molecular weight is 290 g/mol. The standard InChI is InChI=1S/C15H15FN2O3/c1-20-10-4-5-11(14(8-10)21-2)15(19)18-9-3-6-12(16)13(17)7-9/h3-8H,17H2,1-2H3,(H,18,19). The number of benzene rings is 2. The van der Waals surface area contributed by atoms with E-state index in [1.54, 1.807) is 18.2 Å². The van der Waals surface area contributed by atoms with E-state index in [2.05, 4.69) is 5.32 Å². The Labute approximate surface area is 121 Å². The Bertz CT molecular complexity index is 674. The van der Waals surface area contributed by atoms with Crippen molar-refractivity contribution in [1.82, 2.24) is 0 Å². The Hall–Kier alpha value is -2.76. The lowest BCUT2D eigenvalue weighted by Gasteiger charge is -2.11. The van der Waals surface area contributed by atoms with Crippen molar-refractivity contribution in [2.24, 2.45) is 0 Å². The van der Waals surface area contributed by atoms with Crippen LogP contribution in [0.15, 0.2) is 36.4 Å². The highest BCUT2D eigenvalue weighted by atomic mass is 19.1. The van der Waals surface area contributed by atoms with Gasteiger partial charge in [-0.2, -0.15) is 0 Å². The first kappa shape index (κ1) is 14.6. The minimum Gasteiger partial charge on any atom is -0.497 e. The third kappa shape index (κ3) is 3.22. The second-order valence-corrected chi connectivity index (χ2v) is 4.26. The maximum atomic E-state index is 13.1. The number of nitrogen functional groups attached to an aromatic ring is 1. The van der Waals surface area contributed by atoms with Crippen LogP contribution in [0.4, 0.5) is 15.8 Å². The molecule has 6 heteroatoms. The van der Waals surface area contributed by atoms with Crippen LogP contribution >= 0.6 is 0 Å². The molecule has 5 nitrogen and oxygen atoms in total. The Morgan fingerprint density at radius 1 is 1.14 bits per heavy atom. The number of rotatable bonds is 4. The number of carbonyl (C=O) groups is 1. The van der Waals surface area contributed by atoms with Crippen molar-refractivity contribution in [1.29, 1.82) is 0 Å². The average Bonchev–Trinajstić information content (AvgIpc) is 2.50. The summed E-state index contributed by atoms with van der Waals surface area (Å²) in [4.78, 5) is 12.2. The number of carbonyl (C=O) groups excluding carboxylic acids is 1. The van der Waals surface area contributed by atoms with Gasteiger partial charge in [-0.1, -0.05) is 0 Å². The van der Waals surface area contributed by atoms with Gasteiger partial charge in [0, 0.05) is 11.8 Å². The van der Waals surface area contributed by atoms with Gasteiger partial charge in [0.2, 0.25) is 0 Å². The summed E-state index contributed by atoms with van der Waals surface area (Å²) in [6.45, 7) is 0. The lowest BCUT2D eigenvalue weighted by molar-refractivity contribution is 0.102. The van der Waals surface area contributed by atoms with Gasteiger partial charge in [0.25, 0.3) is 5.91 Å². The fourth-order valence-corrected chi connectivity index (χ4v) is 1.81. The molecule has 0 atom stereocenters. The van der Waals surface area contributed by atoms with Crippen molar-refractivity contribution in [3.63, 3.8) is 0 Å². The molecule has 0 fully saturated rings. The molecule has 2 aromatic carbocycles. The topological polar surface area (TPSA) is 73.6 Å². The van der Waals surface area contributed by atoms with Gasteiger partial charge in [0.05, 0.1) is 25.5 Å². The van der Waals surface area contributed by atoms with Gasteiger partial charge >= 0.3 is 0 Å². The van der Waals surface area contributed by atoms with Crippen LogP contribution in [0.1, 0.15) is 10.4 Å². The number of anilines is 2. The monoisotopic (exact) mass is 290 g/mol. The van der Waals surface area contributed by atoms with Crippen LogP contribution in [0.2, 0.25) is 0 Å². The molecule has 0 aliphatic carbocycles. The third-order valence-electron chi connectivity index (χ3n) is 2.91. The Kier molecular flexibility index (Phi) is 4.27. The molecular weight excluding hydrogens is 275 g/mol. The molecule has 0 saturated carbocycles. The lowest BCUT2D eigenvalue weighted by atomic mass is 10.1. The minimum absolute atomic E-state index is 0.0329. The molecule has 0 spiro atoms. The first-order valence-electron chi connectivity index (χ1n) is 6.13. The fourth-order valence-electron chi connectivity index (χ4n) is 1.81. The fraction of sp³-hybridized carbons (Fsp3) is 0.133. The largest absolute Gasteiger partial charge is 0.497 e. The summed E-state index contributed by atoms with van der Waals surface area (Å²) in [5.41, 5.74) is 6.16. The molecule has 2 rings (SSSR count). The summed E-state index contributed by atoms with van der Waals surface area (Å²) in [6.07, 6.45) is 0. The molecule has 2 aromatic rings. The number of methoxy groups -OCH3 is 2. The second kappa shape index (κ2) is 6.13. The van der Waals surface area contributed by atoms with Crippen LogP contribution in [0.5, 0.6) is 11.5 Å². The molecule has 0 aromatic heterocycles. The zero-order chi connectivity index (χ0) is 15.4. The number of hydrogen-bond acceptors (Lipinski definition) is 4. The Morgan fingerprint density at radius 2 is 1.90 bits per heavy atom. The smallest absolute Gasteiger partial charge is 0.259 e. The summed E-state index contributed by atoms with van der Waals surface area (Å²) in [5.74, 6) is 0.0342. The van der Waals surface area contributed by atoms with E-state index in [1.165, 1.54) is 32.4 Å².